The molecule has 0 saturated carbocycles. The van der Waals surface area contributed by atoms with E-state index in [1.54, 1.807) is 0 Å². The first-order valence-corrected chi connectivity index (χ1v) is 4.43. The Morgan fingerprint density at radius 1 is 1.75 bits per heavy atom. The highest BCUT2D eigenvalue weighted by Crippen LogP contribution is 2.32. The van der Waals surface area contributed by atoms with Gasteiger partial charge < -0.3 is 0 Å². The maximum Gasteiger partial charge on any atom is 0.167 e. The Morgan fingerprint density at radius 2 is 2.33 bits per heavy atom. The van der Waals surface area contributed by atoms with Gasteiger partial charge in [0.05, 0.1) is 12.1 Å². The third kappa shape index (κ3) is 1.20. The van der Waals surface area contributed by atoms with Gasteiger partial charge in [-0.15, -0.1) is 6.58 Å². The van der Waals surface area contributed by atoms with Gasteiger partial charge in [0.2, 0.25) is 0 Å². The summed E-state index contributed by atoms with van der Waals surface area (Å²) in [5.74, 6) is 0.344. The van der Waals surface area contributed by atoms with Gasteiger partial charge in [-0.3, -0.25) is 9.69 Å². The van der Waals surface area contributed by atoms with Gasteiger partial charge >= 0.3 is 0 Å². The summed E-state index contributed by atoms with van der Waals surface area (Å²) in [6.07, 6.45) is 2.59. The minimum Gasteiger partial charge on any atom is -0.296 e. The molecule has 1 atom stereocenters. The van der Waals surface area contributed by atoms with Crippen molar-refractivity contribution < 1.29 is 4.79 Å². The van der Waals surface area contributed by atoms with E-state index >= 15 is 0 Å². The predicted octanol–water partition coefficient (Wildman–Crippen LogP) is 1.61. The number of likely N-dealkylation sites (tertiary alicyclic amines) is 1. The molecule has 1 saturated heterocycles. The van der Waals surface area contributed by atoms with Crippen molar-refractivity contribution in [2.75, 3.05) is 6.54 Å². The zero-order chi connectivity index (χ0) is 9.35. The van der Waals surface area contributed by atoms with E-state index in [2.05, 4.69) is 25.3 Å². The second kappa shape index (κ2) is 3.02. The van der Waals surface area contributed by atoms with Gasteiger partial charge in [0.25, 0.3) is 0 Å². The Morgan fingerprint density at radius 3 is 2.67 bits per heavy atom. The van der Waals surface area contributed by atoms with Crippen LogP contribution in [0, 0.1) is 0 Å². The summed E-state index contributed by atoms with van der Waals surface area (Å²) in [7, 11) is 0. The number of carbonyl (C=O) groups is 1. The molecule has 0 radical (unpaired) electrons. The Bertz CT molecular complexity index is 210. The van der Waals surface area contributed by atoms with Crippen LogP contribution >= 0.6 is 0 Å². The van der Waals surface area contributed by atoms with Crippen molar-refractivity contribution in [3.8, 4) is 0 Å². The summed E-state index contributed by atoms with van der Waals surface area (Å²) in [5, 5.41) is 0. The third-order valence-corrected chi connectivity index (χ3v) is 2.71. The lowest BCUT2D eigenvalue weighted by molar-refractivity contribution is -0.149. The number of ketones is 1. The Kier molecular flexibility index (Phi) is 2.38. The molecule has 1 aliphatic heterocycles. The molecule has 1 unspecified atom stereocenters. The topological polar surface area (TPSA) is 20.3 Å². The lowest BCUT2D eigenvalue weighted by Crippen LogP contribution is -2.68. The maximum atomic E-state index is 11.4. The SMILES string of the molecule is C=CCC1(C)C(=O)CN1C(C)C. The molecule has 0 amide bonds. The number of hydrogen-bond acceptors (Lipinski definition) is 2. The summed E-state index contributed by atoms with van der Waals surface area (Å²) in [4.78, 5) is 13.6. The molecular weight excluding hydrogens is 150 g/mol. The van der Waals surface area contributed by atoms with Crippen LogP contribution in [0.25, 0.3) is 0 Å². The monoisotopic (exact) mass is 167 g/mol. The van der Waals surface area contributed by atoms with Crippen molar-refractivity contribution in [1.29, 1.82) is 0 Å². The zero-order valence-electron chi connectivity index (χ0n) is 8.13. The van der Waals surface area contributed by atoms with Crippen molar-refractivity contribution >= 4 is 5.78 Å². The summed E-state index contributed by atoms with van der Waals surface area (Å²) < 4.78 is 0. The van der Waals surface area contributed by atoms with Gasteiger partial charge in [-0.05, 0) is 27.2 Å². The summed E-state index contributed by atoms with van der Waals surface area (Å²) in [5.41, 5.74) is -0.254. The van der Waals surface area contributed by atoms with Crippen LogP contribution in [0.4, 0.5) is 0 Å². The van der Waals surface area contributed by atoms with Gasteiger partial charge in [0.1, 0.15) is 0 Å². The molecule has 0 N–H and O–H groups in total. The molecule has 0 bridgehead atoms. The van der Waals surface area contributed by atoms with E-state index in [0.717, 1.165) is 6.42 Å². The Hall–Kier alpha value is -0.630. The van der Waals surface area contributed by atoms with Crippen LogP contribution in [0.5, 0.6) is 0 Å². The molecule has 0 aromatic rings. The zero-order valence-corrected chi connectivity index (χ0v) is 8.13. The van der Waals surface area contributed by atoms with Crippen molar-refractivity contribution in [2.24, 2.45) is 0 Å². The van der Waals surface area contributed by atoms with E-state index in [1.807, 2.05) is 13.0 Å². The molecule has 0 spiro atoms. The molecule has 1 rings (SSSR count). The highest BCUT2D eigenvalue weighted by Gasteiger charge is 2.48. The number of hydrogen-bond donors (Lipinski definition) is 0. The van der Waals surface area contributed by atoms with Crippen molar-refractivity contribution in [3.05, 3.63) is 12.7 Å². The van der Waals surface area contributed by atoms with Crippen LogP contribution in [0.1, 0.15) is 27.2 Å². The highest BCUT2D eigenvalue weighted by molar-refractivity contribution is 5.95. The standard InChI is InChI=1S/C10H17NO/c1-5-6-10(4)9(12)7-11(10)8(2)3/h5,8H,1,6-7H2,2-4H3. The van der Waals surface area contributed by atoms with Gasteiger partial charge in [0, 0.05) is 6.04 Å². The first kappa shape index (κ1) is 9.46. The minimum atomic E-state index is -0.254. The average molecular weight is 167 g/mol. The largest absolute Gasteiger partial charge is 0.296 e. The van der Waals surface area contributed by atoms with Crippen LogP contribution < -0.4 is 0 Å². The lowest BCUT2D eigenvalue weighted by atomic mass is 9.81. The second-order valence-corrected chi connectivity index (χ2v) is 3.91. The molecule has 2 heteroatoms. The molecule has 0 aliphatic carbocycles. The van der Waals surface area contributed by atoms with Gasteiger partial charge in [-0.25, -0.2) is 0 Å². The van der Waals surface area contributed by atoms with Crippen molar-refractivity contribution in [2.45, 2.75) is 38.8 Å². The number of rotatable bonds is 3. The van der Waals surface area contributed by atoms with E-state index in [9.17, 15) is 4.79 Å². The molecular formula is C10H17NO. The van der Waals surface area contributed by atoms with Gasteiger partial charge in [-0.1, -0.05) is 6.08 Å². The van der Waals surface area contributed by atoms with E-state index in [0.29, 0.717) is 18.4 Å². The predicted molar refractivity (Wildman–Crippen MR) is 50.1 cm³/mol. The van der Waals surface area contributed by atoms with E-state index in [1.165, 1.54) is 0 Å². The summed E-state index contributed by atoms with van der Waals surface area (Å²) in [6, 6.07) is 0.452. The maximum absolute atomic E-state index is 11.4. The molecule has 1 fully saturated rings. The quantitative estimate of drug-likeness (QED) is 0.595. The molecule has 1 heterocycles. The number of nitrogens with zero attached hydrogens (tertiary/aromatic N) is 1. The number of Topliss-reactive ketones (excluding diaryl/α,β-unsaturated/α-hetero) is 1. The lowest BCUT2D eigenvalue weighted by Gasteiger charge is -2.50. The van der Waals surface area contributed by atoms with E-state index in [-0.39, 0.29) is 5.54 Å². The fourth-order valence-electron chi connectivity index (χ4n) is 1.83. The molecule has 68 valence electrons. The molecule has 1 aliphatic rings. The van der Waals surface area contributed by atoms with Gasteiger partial charge in [-0.2, -0.15) is 0 Å². The fraction of sp³-hybridized carbons (Fsp3) is 0.700. The third-order valence-electron chi connectivity index (χ3n) is 2.71. The first-order chi connectivity index (χ1) is 5.52. The average Bonchev–Trinajstić information content (AvgIpc) is 2.00. The number of carbonyl (C=O) groups excluding carboxylic acids is 1. The molecule has 0 aromatic carbocycles. The summed E-state index contributed by atoms with van der Waals surface area (Å²) in [6.45, 7) is 10.5. The Labute approximate surface area is 74.2 Å². The second-order valence-electron chi connectivity index (χ2n) is 3.91. The van der Waals surface area contributed by atoms with Crippen LogP contribution in [0.2, 0.25) is 0 Å². The summed E-state index contributed by atoms with van der Waals surface area (Å²) >= 11 is 0. The van der Waals surface area contributed by atoms with E-state index < -0.39 is 0 Å². The van der Waals surface area contributed by atoms with Crippen LogP contribution in [0.3, 0.4) is 0 Å². The van der Waals surface area contributed by atoms with E-state index in [4.69, 9.17) is 0 Å². The van der Waals surface area contributed by atoms with Crippen molar-refractivity contribution in [3.63, 3.8) is 0 Å². The molecule has 0 aromatic heterocycles. The molecule has 2 nitrogen and oxygen atoms in total. The highest BCUT2D eigenvalue weighted by atomic mass is 16.1. The van der Waals surface area contributed by atoms with Crippen LogP contribution in [-0.4, -0.2) is 28.8 Å². The Balaban J connectivity index is 2.71. The normalized spacial score (nSPS) is 30.5. The smallest absolute Gasteiger partial charge is 0.167 e. The molecule has 12 heavy (non-hydrogen) atoms. The first-order valence-electron chi connectivity index (χ1n) is 4.43. The minimum absolute atomic E-state index is 0.254. The van der Waals surface area contributed by atoms with Gasteiger partial charge in [0.15, 0.2) is 5.78 Å². The van der Waals surface area contributed by atoms with Crippen molar-refractivity contribution in [1.82, 2.24) is 4.90 Å². The fourth-order valence-corrected chi connectivity index (χ4v) is 1.83. The van der Waals surface area contributed by atoms with Crippen LogP contribution in [-0.2, 0) is 4.79 Å². The van der Waals surface area contributed by atoms with Crippen LogP contribution in [0.15, 0.2) is 12.7 Å².